The molecule has 0 aliphatic carbocycles. The van der Waals surface area contributed by atoms with Crippen LogP contribution in [0.2, 0.25) is 0 Å². The van der Waals surface area contributed by atoms with E-state index >= 15 is 0 Å². The molecule has 0 amide bonds. The van der Waals surface area contributed by atoms with Gasteiger partial charge in [0.2, 0.25) is 0 Å². The van der Waals surface area contributed by atoms with Crippen LogP contribution in [-0.4, -0.2) is 41.9 Å². The van der Waals surface area contributed by atoms with Gasteiger partial charge in [-0.2, -0.15) is 0 Å². The Morgan fingerprint density at radius 2 is 1.88 bits per heavy atom. The molecule has 1 aliphatic heterocycles. The lowest BCUT2D eigenvalue weighted by molar-refractivity contribution is -0.149. The first-order chi connectivity index (χ1) is 7.37. The van der Waals surface area contributed by atoms with E-state index in [-0.39, 0.29) is 12.2 Å². The van der Waals surface area contributed by atoms with Crippen molar-refractivity contribution in [2.24, 2.45) is 0 Å². The lowest BCUT2D eigenvalue weighted by atomic mass is 10.1. The number of hydrogen-bond donors (Lipinski definition) is 0. The van der Waals surface area contributed by atoms with Crippen molar-refractivity contribution >= 4 is 11.8 Å². The highest BCUT2D eigenvalue weighted by Gasteiger charge is 2.20. The Kier molecular flexibility index (Phi) is 4.47. The van der Waals surface area contributed by atoms with E-state index in [0.29, 0.717) is 32.5 Å². The molecule has 1 aliphatic rings. The molecular formula is C12H15NO3. The summed E-state index contributed by atoms with van der Waals surface area (Å²) in [6.45, 7) is 17.3. The molecule has 86 valence electrons. The number of ether oxygens (including phenoxy) is 1. The highest BCUT2D eigenvalue weighted by molar-refractivity contribution is 5.79. The van der Waals surface area contributed by atoms with Crippen molar-refractivity contribution < 1.29 is 14.3 Å². The normalized spacial score (nSPS) is 18.6. The van der Waals surface area contributed by atoms with Crippen molar-refractivity contribution in [3.05, 3.63) is 20.8 Å². The van der Waals surface area contributed by atoms with E-state index in [1.165, 1.54) is 0 Å². The van der Waals surface area contributed by atoms with Gasteiger partial charge in [-0.1, -0.05) is 0 Å². The van der Waals surface area contributed by atoms with Gasteiger partial charge in [0.1, 0.15) is 11.4 Å². The van der Waals surface area contributed by atoms with Crippen LogP contribution in [0.1, 0.15) is 19.3 Å². The van der Waals surface area contributed by atoms with Crippen molar-refractivity contribution in [1.82, 2.24) is 4.90 Å². The zero-order valence-corrected chi connectivity index (χ0v) is 9.15. The van der Waals surface area contributed by atoms with Crippen molar-refractivity contribution in [3.63, 3.8) is 0 Å². The number of ketones is 1. The molecule has 0 N–H and O–H groups in total. The molecule has 0 unspecified atom stereocenters. The van der Waals surface area contributed by atoms with Crippen LogP contribution in [0.5, 0.6) is 0 Å². The zero-order valence-electron chi connectivity index (χ0n) is 9.15. The lowest BCUT2D eigenvalue weighted by Gasteiger charge is -2.26. The molecule has 0 spiro atoms. The standard InChI is InChI=1S/C12H15NO3/c1-12(2,3)16-11(15)6-9-13-7-4-10(14)5-8-13/h1-3H,4-9H2. The highest BCUT2D eigenvalue weighted by Crippen LogP contribution is 2.09. The molecule has 1 fully saturated rings. The summed E-state index contributed by atoms with van der Waals surface area (Å²) in [6, 6.07) is 0. The molecule has 1 heterocycles. The number of likely N-dealkylation sites (tertiary alicyclic amines) is 1. The lowest BCUT2D eigenvalue weighted by Crippen LogP contribution is -2.36. The summed E-state index contributed by atoms with van der Waals surface area (Å²) < 4.78 is 4.55. The highest BCUT2D eigenvalue weighted by atomic mass is 16.6. The van der Waals surface area contributed by atoms with E-state index in [9.17, 15) is 9.59 Å². The molecule has 0 aromatic rings. The van der Waals surface area contributed by atoms with E-state index in [2.05, 4.69) is 4.74 Å². The van der Waals surface area contributed by atoms with Gasteiger partial charge in [-0.05, 0) is 0 Å². The second-order valence-electron chi connectivity index (χ2n) is 3.96. The van der Waals surface area contributed by atoms with Gasteiger partial charge in [-0.25, -0.2) is 0 Å². The summed E-state index contributed by atoms with van der Waals surface area (Å²) in [5.41, 5.74) is -1.91. The van der Waals surface area contributed by atoms with E-state index in [0.717, 1.165) is 0 Å². The molecule has 1 rings (SSSR count). The van der Waals surface area contributed by atoms with Crippen molar-refractivity contribution in [3.8, 4) is 0 Å². The number of Topliss-reactive ketones (excluding diaryl/α,β-unsaturated/α-hetero) is 1. The maximum Gasteiger partial charge on any atom is 0.307 e. The molecule has 0 saturated carbocycles. The van der Waals surface area contributed by atoms with E-state index < -0.39 is 11.6 Å². The Bertz CT molecular complexity index is 258. The molecule has 0 aromatic heterocycles. The summed E-state index contributed by atoms with van der Waals surface area (Å²) in [6.07, 6.45) is 1.26. The summed E-state index contributed by atoms with van der Waals surface area (Å²) in [4.78, 5) is 24.2. The van der Waals surface area contributed by atoms with Crippen LogP contribution in [0, 0.1) is 20.8 Å². The Labute approximate surface area is 96.9 Å². The van der Waals surface area contributed by atoms with Crippen LogP contribution in [0.25, 0.3) is 0 Å². The van der Waals surface area contributed by atoms with Crippen LogP contribution >= 0.6 is 0 Å². The van der Waals surface area contributed by atoms with Gasteiger partial charge >= 0.3 is 5.97 Å². The Balaban J connectivity index is 2.19. The first-order valence-electron chi connectivity index (χ1n) is 5.19. The summed E-state index contributed by atoms with van der Waals surface area (Å²) in [5.74, 6) is -0.270. The summed E-state index contributed by atoms with van der Waals surface area (Å²) >= 11 is 0. The van der Waals surface area contributed by atoms with Crippen LogP contribution in [0.15, 0.2) is 0 Å². The third-order valence-corrected chi connectivity index (χ3v) is 2.34. The fourth-order valence-electron chi connectivity index (χ4n) is 1.52. The SMILES string of the molecule is [CH]C([CH])([CH])OC(=O)CCN1CCC(=O)CC1. The van der Waals surface area contributed by atoms with Crippen LogP contribution < -0.4 is 0 Å². The Morgan fingerprint density at radius 1 is 1.31 bits per heavy atom. The van der Waals surface area contributed by atoms with Gasteiger partial charge in [0.25, 0.3) is 0 Å². The smallest absolute Gasteiger partial charge is 0.307 e. The van der Waals surface area contributed by atoms with Crippen LogP contribution in [0.4, 0.5) is 0 Å². The third-order valence-electron chi connectivity index (χ3n) is 2.34. The van der Waals surface area contributed by atoms with Crippen LogP contribution in [0.3, 0.4) is 0 Å². The van der Waals surface area contributed by atoms with E-state index in [4.69, 9.17) is 20.8 Å². The molecule has 16 heavy (non-hydrogen) atoms. The van der Waals surface area contributed by atoms with Gasteiger partial charge < -0.3 is 9.64 Å². The predicted molar refractivity (Wildman–Crippen MR) is 57.0 cm³/mol. The van der Waals surface area contributed by atoms with Crippen molar-refractivity contribution in [2.45, 2.75) is 24.9 Å². The maximum atomic E-state index is 11.2. The number of esters is 1. The number of piperidine rings is 1. The largest absolute Gasteiger partial charge is 0.458 e. The van der Waals surface area contributed by atoms with Gasteiger partial charge in [-0.15, -0.1) is 0 Å². The van der Waals surface area contributed by atoms with Gasteiger partial charge in [0.15, 0.2) is 0 Å². The first-order valence-corrected chi connectivity index (χ1v) is 5.19. The van der Waals surface area contributed by atoms with Gasteiger partial charge in [-0.3, -0.25) is 9.59 Å². The maximum absolute atomic E-state index is 11.2. The second kappa shape index (κ2) is 5.43. The third kappa shape index (κ3) is 5.26. The minimum atomic E-state index is -1.91. The summed E-state index contributed by atoms with van der Waals surface area (Å²) in [5, 5.41) is 0. The molecule has 6 radical (unpaired) electrons. The van der Waals surface area contributed by atoms with Crippen molar-refractivity contribution in [2.75, 3.05) is 19.6 Å². The van der Waals surface area contributed by atoms with Gasteiger partial charge in [0, 0.05) is 53.2 Å². The number of carbonyl (C=O) groups excluding carboxylic acids is 2. The van der Waals surface area contributed by atoms with Crippen LogP contribution in [-0.2, 0) is 14.3 Å². The molecule has 4 nitrogen and oxygen atoms in total. The number of nitrogens with zero attached hydrogens (tertiary/aromatic N) is 1. The molecule has 1 saturated heterocycles. The van der Waals surface area contributed by atoms with E-state index in [1.807, 2.05) is 4.90 Å². The molecule has 0 atom stereocenters. The second-order valence-corrected chi connectivity index (χ2v) is 3.96. The molecule has 0 bridgehead atoms. The zero-order chi connectivity index (χ0) is 12.2. The van der Waals surface area contributed by atoms with Gasteiger partial charge in [0.05, 0.1) is 6.42 Å². The number of rotatable bonds is 4. The Morgan fingerprint density at radius 3 is 2.38 bits per heavy atom. The quantitative estimate of drug-likeness (QED) is 0.647. The average Bonchev–Trinajstić information content (AvgIpc) is 2.14. The average molecular weight is 221 g/mol. The minimum absolute atomic E-state index is 0.168. The Hall–Kier alpha value is -0.900. The fourth-order valence-corrected chi connectivity index (χ4v) is 1.52. The number of hydrogen-bond acceptors (Lipinski definition) is 4. The monoisotopic (exact) mass is 221 g/mol. The predicted octanol–water partition coefficient (Wildman–Crippen LogP) is 0.457. The molecule has 0 aromatic carbocycles. The topological polar surface area (TPSA) is 46.6 Å². The molecular weight excluding hydrogens is 206 g/mol. The summed E-state index contributed by atoms with van der Waals surface area (Å²) in [7, 11) is 0. The van der Waals surface area contributed by atoms with Crippen molar-refractivity contribution in [1.29, 1.82) is 0 Å². The number of carbonyl (C=O) groups is 2. The fraction of sp³-hybridized carbons (Fsp3) is 0.583. The minimum Gasteiger partial charge on any atom is -0.458 e. The van der Waals surface area contributed by atoms with E-state index in [1.54, 1.807) is 0 Å². The first kappa shape index (κ1) is 13.2. The molecule has 4 heteroatoms.